The Morgan fingerprint density at radius 3 is 1.95 bits per heavy atom. The number of benzene rings is 3. The SMILES string of the molecule is COc1cc(CCC(=O)c2ccc(N3CCN(C(=O)Cc4c(Cl)cc(CN5CCCC5)cc4Cl)CC3)cc2)cc(OC)c1. The number of piperazine rings is 1. The van der Waals surface area contributed by atoms with Gasteiger partial charge in [0.25, 0.3) is 0 Å². The van der Waals surface area contributed by atoms with Crippen LogP contribution in [0, 0.1) is 0 Å². The molecule has 1 amide bonds. The van der Waals surface area contributed by atoms with Gasteiger partial charge >= 0.3 is 0 Å². The lowest BCUT2D eigenvalue weighted by Crippen LogP contribution is -2.49. The van der Waals surface area contributed by atoms with Crippen molar-refractivity contribution < 1.29 is 19.1 Å². The van der Waals surface area contributed by atoms with Gasteiger partial charge < -0.3 is 19.3 Å². The van der Waals surface area contributed by atoms with Crippen molar-refractivity contribution in [3.63, 3.8) is 0 Å². The third-order valence-corrected chi connectivity index (χ3v) is 9.05. The maximum atomic E-state index is 13.2. The first kappa shape index (κ1) is 31.2. The Bertz CT molecular complexity index is 1390. The van der Waals surface area contributed by atoms with Crippen molar-refractivity contribution in [3.8, 4) is 11.5 Å². The molecular weight excluding hydrogens is 585 g/mol. The molecule has 0 unspecified atom stereocenters. The van der Waals surface area contributed by atoms with Gasteiger partial charge in [-0.25, -0.2) is 0 Å². The number of ketones is 1. The third kappa shape index (κ3) is 8.02. The summed E-state index contributed by atoms with van der Waals surface area (Å²) in [5.41, 5.74) is 4.51. The maximum Gasteiger partial charge on any atom is 0.227 e. The van der Waals surface area contributed by atoms with E-state index in [4.69, 9.17) is 32.7 Å². The molecule has 0 aliphatic carbocycles. The molecule has 0 N–H and O–H groups in total. The summed E-state index contributed by atoms with van der Waals surface area (Å²) in [7, 11) is 3.23. The van der Waals surface area contributed by atoms with Gasteiger partial charge in [0, 0.05) is 66.5 Å². The fourth-order valence-corrected chi connectivity index (χ4v) is 6.53. The predicted octanol–water partition coefficient (Wildman–Crippen LogP) is 6.31. The first-order valence-electron chi connectivity index (χ1n) is 14.9. The normalized spacial score (nSPS) is 15.5. The predicted molar refractivity (Wildman–Crippen MR) is 172 cm³/mol. The maximum absolute atomic E-state index is 13.2. The van der Waals surface area contributed by atoms with Crippen molar-refractivity contribution in [2.45, 2.75) is 38.6 Å². The van der Waals surface area contributed by atoms with E-state index in [-0.39, 0.29) is 18.1 Å². The van der Waals surface area contributed by atoms with Gasteiger partial charge in [0.2, 0.25) is 5.91 Å². The summed E-state index contributed by atoms with van der Waals surface area (Å²) in [5, 5.41) is 1.12. The minimum Gasteiger partial charge on any atom is -0.497 e. The zero-order chi connectivity index (χ0) is 30.3. The van der Waals surface area contributed by atoms with Crippen LogP contribution in [0.5, 0.6) is 11.5 Å². The number of Topliss-reactive ketones (excluding diaryl/α,β-unsaturated/α-hetero) is 1. The summed E-state index contributed by atoms with van der Waals surface area (Å²) in [6.07, 6.45) is 3.65. The highest BCUT2D eigenvalue weighted by Crippen LogP contribution is 2.29. The second-order valence-electron chi connectivity index (χ2n) is 11.3. The topological polar surface area (TPSA) is 62.3 Å². The van der Waals surface area contributed by atoms with E-state index in [1.807, 2.05) is 59.5 Å². The molecule has 5 rings (SSSR count). The molecule has 2 aliphatic heterocycles. The largest absolute Gasteiger partial charge is 0.497 e. The molecule has 228 valence electrons. The number of methoxy groups -OCH3 is 2. The highest BCUT2D eigenvalue weighted by Gasteiger charge is 2.24. The lowest BCUT2D eigenvalue weighted by atomic mass is 10.0. The van der Waals surface area contributed by atoms with Gasteiger partial charge in [-0.15, -0.1) is 0 Å². The van der Waals surface area contributed by atoms with Crippen molar-refractivity contribution in [2.75, 3.05) is 58.4 Å². The molecule has 0 spiro atoms. The third-order valence-electron chi connectivity index (χ3n) is 8.37. The van der Waals surface area contributed by atoms with E-state index in [2.05, 4.69) is 9.80 Å². The molecule has 0 atom stereocenters. The molecular formula is C34H39Cl2N3O4. The van der Waals surface area contributed by atoms with E-state index in [1.54, 1.807) is 14.2 Å². The van der Waals surface area contributed by atoms with Crippen molar-refractivity contribution in [1.82, 2.24) is 9.80 Å². The van der Waals surface area contributed by atoms with Crippen LogP contribution in [0.3, 0.4) is 0 Å². The van der Waals surface area contributed by atoms with Crippen LogP contribution in [-0.4, -0.2) is 75.0 Å². The summed E-state index contributed by atoms with van der Waals surface area (Å²) in [4.78, 5) is 32.6. The fraction of sp³-hybridized carbons (Fsp3) is 0.412. The van der Waals surface area contributed by atoms with Crippen molar-refractivity contribution in [3.05, 3.63) is 86.9 Å². The lowest BCUT2D eigenvalue weighted by Gasteiger charge is -2.36. The minimum absolute atomic E-state index is 0.0327. The molecule has 9 heteroatoms. The number of halogens is 2. The van der Waals surface area contributed by atoms with Crippen LogP contribution >= 0.6 is 23.2 Å². The summed E-state index contributed by atoms with van der Waals surface area (Å²) >= 11 is 13.2. The van der Waals surface area contributed by atoms with E-state index in [0.717, 1.165) is 36.4 Å². The van der Waals surface area contributed by atoms with Gasteiger partial charge in [0.15, 0.2) is 5.78 Å². The Balaban J connectivity index is 1.11. The first-order chi connectivity index (χ1) is 20.8. The average molecular weight is 625 g/mol. The number of likely N-dealkylation sites (tertiary alicyclic amines) is 1. The smallest absolute Gasteiger partial charge is 0.227 e. The molecule has 2 heterocycles. The standard InChI is InChI=1S/C34H39Cl2N3O4/c1-42-28-17-24(18-29(21-28)43-2)5-10-33(40)26-6-8-27(9-7-26)38-13-15-39(16-14-38)34(41)22-30-31(35)19-25(20-32(30)36)23-37-11-3-4-12-37/h6-9,17-21H,3-5,10-16,22-23H2,1-2H3. The van der Waals surface area contributed by atoms with E-state index in [1.165, 1.54) is 12.8 Å². The summed E-state index contributed by atoms with van der Waals surface area (Å²) in [5.74, 6) is 1.54. The Morgan fingerprint density at radius 2 is 1.37 bits per heavy atom. The van der Waals surface area contributed by atoms with Gasteiger partial charge in [0.05, 0.1) is 20.6 Å². The lowest BCUT2D eigenvalue weighted by molar-refractivity contribution is -0.130. The minimum atomic E-state index is 0.0327. The zero-order valence-corrected chi connectivity index (χ0v) is 26.4. The summed E-state index contributed by atoms with van der Waals surface area (Å²) < 4.78 is 10.7. The van der Waals surface area contributed by atoms with Crippen LogP contribution in [0.2, 0.25) is 10.0 Å². The van der Waals surface area contributed by atoms with Crippen molar-refractivity contribution in [2.24, 2.45) is 0 Å². The molecule has 0 radical (unpaired) electrons. The molecule has 7 nitrogen and oxygen atoms in total. The van der Waals surface area contributed by atoms with E-state index >= 15 is 0 Å². The van der Waals surface area contributed by atoms with Gasteiger partial charge in [-0.3, -0.25) is 14.5 Å². The molecule has 0 bridgehead atoms. The second kappa shape index (κ2) is 14.5. The number of hydrogen-bond acceptors (Lipinski definition) is 6. The number of aryl methyl sites for hydroxylation is 1. The van der Waals surface area contributed by atoms with Crippen LogP contribution in [0.1, 0.15) is 46.3 Å². The number of carbonyl (C=O) groups is 2. The Kier molecular flexibility index (Phi) is 10.5. The van der Waals surface area contributed by atoms with Gasteiger partial charge in [-0.2, -0.15) is 0 Å². The van der Waals surface area contributed by atoms with Crippen LogP contribution < -0.4 is 14.4 Å². The highest BCUT2D eigenvalue weighted by atomic mass is 35.5. The average Bonchev–Trinajstić information content (AvgIpc) is 3.54. The number of amides is 1. The quantitative estimate of drug-likeness (QED) is 0.233. The molecule has 43 heavy (non-hydrogen) atoms. The van der Waals surface area contributed by atoms with Gasteiger partial charge in [0.1, 0.15) is 11.5 Å². The Morgan fingerprint density at radius 1 is 0.767 bits per heavy atom. The van der Waals surface area contributed by atoms with E-state index in [9.17, 15) is 9.59 Å². The molecule has 3 aromatic rings. The first-order valence-corrected chi connectivity index (χ1v) is 15.7. The number of nitrogens with zero attached hydrogens (tertiary/aromatic N) is 3. The number of hydrogen-bond donors (Lipinski definition) is 0. The fourth-order valence-electron chi connectivity index (χ4n) is 5.86. The monoisotopic (exact) mass is 623 g/mol. The zero-order valence-electron chi connectivity index (χ0n) is 24.9. The van der Waals surface area contributed by atoms with Gasteiger partial charge in [-0.05, 0) is 97.6 Å². The molecule has 2 saturated heterocycles. The number of carbonyl (C=O) groups excluding carboxylic acids is 2. The molecule has 0 aromatic heterocycles. The second-order valence-corrected chi connectivity index (χ2v) is 12.1. The number of anilines is 1. The summed E-state index contributed by atoms with van der Waals surface area (Å²) in [6, 6.07) is 17.3. The molecule has 2 fully saturated rings. The molecule has 0 saturated carbocycles. The van der Waals surface area contributed by atoms with Crippen molar-refractivity contribution >= 4 is 40.6 Å². The van der Waals surface area contributed by atoms with Crippen molar-refractivity contribution in [1.29, 1.82) is 0 Å². The Hall–Kier alpha value is -3.26. The Labute approximate surface area is 264 Å². The van der Waals surface area contributed by atoms with Crippen LogP contribution in [0.15, 0.2) is 54.6 Å². The van der Waals surface area contributed by atoms with Crippen LogP contribution in [-0.2, 0) is 24.2 Å². The molecule has 2 aliphatic rings. The van der Waals surface area contributed by atoms with Gasteiger partial charge in [-0.1, -0.05) is 23.2 Å². The number of ether oxygens (including phenoxy) is 2. The van der Waals surface area contributed by atoms with Crippen LogP contribution in [0.4, 0.5) is 5.69 Å². The summed E-state index contributed by atoms with van der Waals surface area (Å²) in [6.45, 7) is 5.71. The van der Waals surface area contributed by atoms with E-state index in [0.29, 0.717) is 71.7 Å². The van der Waals surface area contributed by atoms with Crippen LogP contribution in [0.25, 0.3) is 0 Å². The number of rotatable bonds is 11. The van der Waals surface area contributed by atoms with E-state index < -0.39 is 0 Å². The highest BCUT2D eigenvalue weighted by molar-refractivity contribution is 6.36. The molecule has 3 aromatic carbocycles.